The zero-order valence-electron chi connectivity index (χ0n) is 16.6. The lowest BCUT2D eigenvalue weighted by Crippen LogP contribution is -2.41. The number of hydrogen-bond donors (Lipinski definition) is 3. The first-order chi connectivity index (χ1) is 13.1. The molecule has 0 bridgehead atoms. The summed E-state index contributed by atoms with van der Waals surface area (Å²) in [6, 6.07) is 12.6. The van der Waals surface area contributed by atoms with Crippen LogP contribution in [0.5, 0.6) is 23.0 Å². The van der Waals surface area contributed by atoms with Crippen molar-refractivity contribution in [2.45, 2.75) is 19.6 Å². The second-order valence-electron chi connectivity index (χ2n) is 5.88. The van der Waals surface area contributed by atoms with Crippen LogP contribution in [0.3, 0.4) is 0 Å². The summed E-state index contributed by atoms with van der Waals surface area (Å²) >= 11 is 0. The van der Waals surface area contributed by atoms with Crippen LogP contribution in [0.15, 0.2) is 47.5 Å². The van der Waals surface area contributed by atoms with E-state index in [1.807, 2.05) is 31.2 Å². The first-order valence-electron chi connectivity index (χ1n) is 8.67. The van der Waals surface area contributed by atoms with Gasteiger partial charge in [0.1, 0.15) is 17.6 Å². The predicted octanol–water partition coefficient (Wildman–Crippen LogP) is 3.16. The van der Waals surface area contributed by atoms with Crippen molar-refractivity contribution in [2.75, 3.05) is 27.8 Å². The van der Waals surface area contributed by atoms with Crippen molar-refractivity contribution in [2.24, 2.45) is 4.99 Å². The van der Waals surface area contributed by atoms with E-state index in [4.69, 9.17) is 14.2 Å². The van der Waals surface area contributed by atoms with Gasteiger partial charge in [-0.1, -0.05) is 12.1 Å². The number of phenols is 1. The molecular formula is C20H28IN3O4. The number of hydrogen-bond acceptors (Lipinski definition) is 5. The first kappa shape index (κ1) is 23.7. The Kier molecular flexibility index (Phi) is 10.3. The number of methoxy groups -OCH3 is 2. The molecule has 0 heterocycles. The molecule has 0 aliphatic heterocycles. The molecule has 0 saturated heterocycles. The topological polar surface area (TPSA) is 84.3 Å². The maximum Gasteiger partial charge on any atom is 0.191 e. The average molecular weight is 501 g/mol. The molecule has 154 valence electrons. The summed E-state index contributed by atoms with van der Waals surface area (Å²) in [6.45, 7) is 2.91. The first-order valence-corrected chi connectivity index (χ1v) is 8.67. The van der Waals surface area contributed by atoms with Gasteiger partial charge in [-0.25, -0.2) is 0 Å². The predicted molar refractivity (Wildman–Crippen MR) is 121 cm³/mol. The fourth-order valence-electron chi connectivity index (χ4n) is 2.44. The average Bonchev–Trinajstić information content (AvgIpc) is 2.69. The van der Waals surface area contributed by atoms with Gasteiger partial charge in [-0.15, -0.1) is 24.0 Å². The van der Waals surface area contributed by atoms with Crippen molar-refractivity contribution < 1.29 is 19.3 Å². The van der Waals surface area contributed by atoms with Gasteiger partial charge in [0.05, 0.1) is 20.8 Å². The number of aliphatic imine (C=N–C) groups is 1. The fraction of sp³-hybridized carbons (Fsp3) is 0.350. The van der Waals surface area contributed by atoms with Crippen molar-refractivity contribution in [3.8, 4) is 23.0 Å². The summed E-state index contributed by atoms with van der Waals surface area (Å²) in [6.07, 6.45) is -0.106. The lowest BCUT2D eigenvalue weighted by atomic mass is 10.2. The molecular weight excluding hydrogens is 473 g/mol. The van der Waals surface area contributed by atoms with Crippen LogP contribution in [-0.4, -0.2) is 45.0 Å². The van der Waals surface area contributed by atoms with Gasteiger partial charge in [0.2, 0.25) is 0 Å². The van der Waals surface area contributed by atoms with Crippen LogP contribution in [0.1, 0.15) is 12.5 Å². The van der Waals surface area contributed by atoms with E-state index in [0.717, 1.165) is 5.56 Å². The van der Waals surface area contributed by atoms with Crippen LogP contribution in [0.2, 0.25) is 0 Å². The standard InChI is InChI=1S/C20H27N3O4.HI/c1-14(27-19-8-6-5-7-18(19)26-4)12-22-20(21-2)23-13-15-11-16(25-3)9-10-17(15)24;/h5-11,14,24H,12-13H2,1-4H3,(H2,21,22,23);1H. The second kappa shape index (κ2) is 12.2. The highest BCUT2D eigenvalue weighted by Crippen LogP contribution is 2.26. The smallest absolute Gasteiger partial charge is 0.191 e. The highest BCUT2D eigenvalue weighted by atomic mass is 127. The molecule has 0 fully saturated rings. The Balaban J connectivity index is 0.00000392. The summed E-state index contributed by atoms with van der Waals surface area (Å²) in [5.74, 6) is 2.88. The van der Waals surface area contributed by atoms with Gasteiger partial charge in [-0.05, 0) is 37.3 Å². The second-order valence-corrected chi connectivity index (χ2v) is 5.88. The van der Waals surface area contributed by atoms with Gasteiger partial charge >= 0.3 is 0 Å². The van der Waals surface area contributed by atoms with Crippen molar-refractivity contribution in [3.05, 3.63) is 48.0 Å². The third-order valence-electron chi connectivity index (χ3n) is 3.91. The number of halogens is 1. The number of para-hydroxylation sites is 2. The van der Waals surface area contributed by atoms with E-state index in [0.29, 0.717) is 36.3 Å². The Morgan fingerprint density at radius 1 is 1.07 bits per heavy atom. The SMILES string of the molecule is CN=C(NCc1cc(OC)ccc1O)NCC(C)Oc1ccccc1OC.I. The highest BCUT2D eigenvalue weighted by molar-refractivity contribution is 14.0. The number of nitrogens with zero attached hydrogens (tertiary/aromatic N) is 1. The summed E-state index contributed by atoms with van der Waals surface area (Å²) in [5, 5.41) is 16.3. The molecule has 0 amide bonds. The molecule has 3 N–H and O–H groups in total. The van der Waals surface area contributed by atoms with E-state index >= 15 is 0 Å². The summed E-state index contributed by atoms with van der Waals surface area (Å²) in [4.78, 5) is 4.19. The van der Waals surface area contributed by atoms with Gasteiger partial charge in [-0.3, -0.25) is 4.99 Å². The maximum atomic E-state index is 9.96. The van der Waals surface area contributed by atoms with Crippen molar-refractivity contribution in [1.29, 1.82) is 0 Å². The zero-order chi connectivity index (χ0) is 19.6. The van der Waals surface area contributed by atoms with Crippen LogP contribution >= 0.6 is 24.0 Å². The van der Waals surface area contributed by atoms with Crippen molar-refractivity contribution in [3.63, 3.8) is 0 Å². The molecule has 28 heavy (non-hydrogen) atoms. The Labute approximate surface area is 183 Å². The zero-order valence-corrected chi connectivity index (χ0v) is 18.9. The number of benzene rings is 2. The summed E-state index contributed by atoms with van der Waals surface area (Å²) in [7, 11) is 4.89. The third kappa shape index (κ3) is 6.99. The van der Waals surface area contributed by atoms with Crippen LogP contribution < -0.4 is 24.8 Å². The number of rotatable bonds is 8. The molecule has 0 aromatic heterocycles. The third-order valence-corrected chi connectivity index (χ3v) is 3.91. The molecule has 2 rings (SSSR count). The van der Waals surface area contributed by atoms with E-state index in [-0.39, 0.29) is 35.8 Å². The highest BCUT2D eigenvalue weighted by Gasteiger charge is 2.10. The Bertz CT molecular complexity index is 771. The molecule has 0 aliphatic rings. The van der Waals surface area contributed by atoms with Gasteiger partial charge < -0.3 is 30.0 Å². The van der Waals surface area contributed by atoms with Crippen molar-refractivity contribution >= 4 is 29.9 Å². The minimum Gasteiger partial charge on any atom is -0.508 e. The molecule has 2 aromatic carbocycles. The minimum atomic E-state index is -0.106. The van der Waals surface area contributed by atoms with Gasteiger partial charge in [0.25, 0.3) is 0 Å². The van der Waals surface area contributed by atoms with Gasteiger partial charge in [0, 0.05) is 19.2 Å². The summed E-state index contributed by atoms with van der Waals surface area (Å²) < 4.78 is 16.4. The van der Waals surface area contributed by atoms with E-state index in [9.17, 15) is 5.11 Å². The summed E-state index contributed by atoms with van der Waals surface area (Å²) in [5.41, 5.74) is 0.718. The maximum absolute atomic E-state index is 9.96. The van der Waals surface area contributed by atoms with E-state index < -0.39 is 0 Å². The van der Waals surface area contributed by atoms with Crippen LogP contribution in [-0.2, 0) is 6.54 Å². The molecule has 1 atom stereocenters. The molecule has 2 aromatic rings. The molecule has 1 unspecified atom stereocenters. The number of aromatic hydroxyl groups is 1. The molecule has 0 spiro atoms. The number of nitrogens with one attached hydrogen (secondary N) is 2. The van der Waals surface area contributed by atoms with E-state index in [1.54, 1.807) is 39.5 Å². The van der Waals surface area contributed by atoms with Crippen LogP contribution in [0.4, 0.5) is 0 Å². The fourth-order valence-corrected chi connectivity index (χ4v) is 2.44. The van der Waals surface area contributed by atoms with Crippen LogP contribution in [0.25, 0.3) is 0 Å². The largest absolute Gasteiger partial charge is 0.508 e. The van der Waals surface area contributed by atoms with Crippen LogP contribution in [0, 0.1) is 0 Å². The number of phenolic OH excluding ortho intramolecular Hbond substituents is 1. The lowest BCUT2D eigenvalue weighted by Gasteiger charge is -2.19. The molecule has 0 radical (unpaired) electrons. The normalized spacial score (nSPS) is 11.8. The van der Waals surface area contributed by atoms with Gasteiger partial charge in [0.15, 0.2) is 17.5 Å². The molecule has 8 heteroatoms. The number of guanidine groups is 1. The Hall–Kier alpha value is -2.36. The van der Waals surface area contributed by atoms with E-state index in [2.05, 4.69) is 15.6 Å². The monoisotopic (exact) mass is 501 g/mol. The Morgan fingerprint density at radius 2 is 1.79 bits per heavy atom. The quantitative estimate of drug-likeness (QED) is 0.293. The van der Waals surface area contributed by atoms with Crippen molar-refractivity contribution in [1.82, 2.24) is 10.6 Å². The number of ether oxygens (including phenoxy) is 3. The minimum absolute atomic E-state index is 0. The van der Waals surface area contributed by atoms with E-state index in [1.165, 1.54) is 0 Å². The molecule has 0 saturated carbocycles. The lowest BCUT2D eigenvalue weighted by molar-refractivity contribution is 0.213. The van der Waals surface area contributed by atoms with Gasteiger partial charge in [-0.2, -0.15) is 0 Å². The Morgan fingerprint density at radius 3 is 2.43 bits per heavy atom. The molecule has 0 aliphatic carbocycles. The molecule has 7 nitrogen and oxygen atoms in total.